The summed E-state index contributed by atoms with van der Waals surface area (Å²) in [6.07, 6.45) is 1.57. The molecule has 2 amide bonds. The molecule has 0 radical (unpaired) electrons. The molecule has 5 rings (SSSR count). The van der Waals surface area contributed by atoms with E-state index in [1.807, 2.05) is 0 Å². The maximum absolute atomic E-state index is 14.3. The van der Waals surface area contributed by atoms with Gasteiger partial charge in [-0.25, -0.2) is 4.39 Å². The van der Waals surface area contributed by atoms with Gasteiger partial charge in [0.1, 0.15) is 11.6 Å². The first-order valence-electron chi connectivity index (χ1n) is 9.28. The van der Waals surface area contributed by atoms with Crippen molar-refractivity contribution in [3.63, 3.8) is 0 Å². The third-order valence-corrected chi connectivity index (χ3v) is 6.93. The van der Waals surface area contributed by atoms with E-state index >= 15 is 0 Å². The van der Waals surface area contributed by atoms with Gasteiger partial charge in [0.15, 0.2) is 5.60 Å². The fourth-order valence-electron chi connectivity index (χ4n) is 4.01. The number of pyridine rings is 1. The molecule has 2 aliphatic rings. The first-order valence-corrected chi connectivity index (χ1v) is 10.5. The van der Waals surface area contributed by atoms with Gasteiger partial charge in [-0.1, -0.05) is 36.4 Å². The highest BCUT2D eigenvalue weighted by molar-refractivity contribution is 9.10. The molecule has 8 heteroatoms. The van der Waals surface area contributed by atoms with Gasteiger partial charge in [0.25, 0.3) is 11.8 Å². The molecule has 0 fully saturated rings. The van der Waals surface area contributed by atoms with Crippen LogP contribution in [0, 0.1) is 5.82 Å². The number of benzene rings is 2. The summed E-state index contributed by atoms with van der Waals surface area (Å²) in [5.74, 6) is -1.35. The Balaban J connectivity index is 1.66. The Morgan fingerprint density at radius 2 is 1.77 bits per heavy atom. The Bertz CT molecular complexity index is 1260. The van der Waals surface area contributed by atoms with Crippen molar-refractivity contribution in [2.24, 2.45) is 0 Å². The monoisotopic (exact) mass is 498 g/mol. The quantitative estimate of drug-likeness (QED) is 0.366. The van der Waals surface area contributed by atoms with Crippen molar-refractivity contribution in [2.45, 2.75) is 5.60 Å². The molecule has 3 aromatic rings. The highest BCUT2D eigenvalue weighted by Crippen LogP contribution is 2.53. The minimum atomic E-state index is -1.41. The van der Waals surface area contributed by atoms with Crippen molar-refractivity contribution in [3.8, 4) is 5.75 Å². The molecule has 154 valence electrons. The van der Waals surface area contributed by atoms with Crippen molar-refractivity contribution in [1.82, 2.24) is 9.88 Å². The predicted molar refractivity (Wildman–Crippen MR) is 116 cm³/mol. The van der Waals surface area contributed by atoms with Crippen LogP contribution in [0.1, 0.15) is 32.0 Å². The molecule has 3 heterocycles. The van der Waals surface area contributed by atoms with Crippen LogP contribution in [0.15, 0.2) is 65.8 Å². The Hall–Kier alpha value is -3.03. The van der Waals surface area contributed by atoms with Crippen LogP contribution in [0.5, 0.6) is 5.75 Å². The van der Waals surface area contributed by atoms with Crippen molar-refractivity contribution in [3.05, 3.63) is 99.0 Å². The Morgan fingerprint density at radius 3 is 2.39 bits per heavy atom. The topological polar surface area (TPSA) is 59.5 Å². The zero-order chi connectivity index (χ0) is 21.9. The molecule has 0 N–H and O–H groups in total. The van der Waals surface area contributed by atoms with Gasteiger partial charge < -0.3 is 4.74 Å². The number of carbonyl (C=O) groups excluding carboxylic acids is 2. The van der Waals surface area contributed by atoms with E-state index in [2.05, 4.69) is 27.5 Å². The van der Waals surface area contributed by atoms with Gasteiger partial charge in [0.2, 0.25) is 0 Å². The number of hydrogen-bond donors (Lipinski definition) is 0. The summed E-state index contributed by atoms with van der Waals surface area (Å²) >= 11 is 9.42. The summed E-state index contributed by atoms with van der Waals surface area (Å²) in [5, 5.41) is -0.110. The van der Waals surface area contributed by atoms with Gasteiger partial charge in [0.05, 0.1) is 32.9 Å². The summed E-state index contributed by atoms with van der Waals surface area (Å²) in [5.41, 5.74) is 0.535. The van der Waals surface area contributed by atoms with Gasteiger partial charge >= 0.3 is 0 Å². The molecule has 0 saturated carbocycles. The molecular weight excluding hydrogens is 487 g/mol. The molecular formula is C23H13BrClFN2O3. The Labute approximate surface area is 190 Å². The van der Waals surface area contributed by atoms with E-state index in [9.17, 15) is 14.0 Å². The SMILES string of the molecule is C=C1c2c(cc(F)c(Cl)c2Br)OC1(CN1C(=O)c2ccccc2C1=O)c1ccccn1. The minimum Gasteiger partial charge on any atom is -0.473 e. The third-order valence-electron chi connectivity index (χ3n) is 5.54. The van der Waals surface area contributed by atoms with Crippen LogP contribution in [0.25, 0.3) is 5.57 Å². The molecule has 2 aromatic carbocycles. The van der Waals surface area contributed by atoms with Gasteiger partial charge in [0, 0.05) is 23.4 Å². The van der Waals surface area contributed by atoms with Crippen LogP contribution in [0.3, 0.4) is 0 Å². The zero-order valence-corrected chi connectivity index (χ0v) is 18.2. The average molecular weight is 500 g/mol. The number of nitrogens with zero attached hydrogens (tertiary/aromatic N) is 2. The molecule has 1 atom stereocenters. The lowest BCUT2D eigenvalue weighted by Gasteiger charge is -2.32. The van der Waals surface area contributed by atoms with E-state index in [0.717, 1.165) is 4.90 Å². The lowest BCUT2D eigenvalue weighted by Crippen LogP contribution is -2.46. The lowest BCUT2D eigenvalue weighted by atomic mass is 9.87. The third kappa shape index (κ3) is 2.77. The Morgan fingerprint density at radius 1 is 1.13 bits per heavy atom. The maximum Gasteiger partial charge on any atom is 0.261 e. The second-order valence-electron chi connectivity index (χ2n) is 7.22. The van der Waals surface area contributed by atoms with Crippen molar-refractivity contribution < 1.29 is 18.7 Å². The maximum atomic E-state index is 14.3. The number of amides is 2. The van der Waals surface area contributed by atoms with Crippen molar-refractivity contribution >= 4 is 44.9 Å². The number of aromatic nitrogens is 1. The predicted octanol–water partition coefficient (Wildman–Crippen LogP) is 5.23. The first-order chi connectivity index (χ1) is 14.8. The number of halogens is 3. The van der Waals surface area contributed by atoms with Crippen molar-refractivity contribution in [1.29, 1.82) is 0 Å². The number of imide groups is 1. The molecule has 0 spiro atoms. The van der Waals surface area contributed by atoms with E-state index in [-0.39, 0.29) is 21.8 Å². The number of rotatable bonds is 3. The largest absolute Gasteiger partial charge is 0.473 e. The summed E-state index contributed by atoms with van der Waals surface area (Å²) in [6.45, 7) is 3.99. The summed E-state index contributed by atoms with van der Waals surface area (Å²) in [7, 11) is 0. The van der Waals surface area contributed by atoms with E-state index in [1.54, 1.807) is 48.7 Å². The van der Waals surface area contributed by atoms with E-state index in [1.165, 1.54) is 6.07 Å². The van der Waals surface area contributed by atoms with Crippen LogP contribution in [0.2, 0.25) is 5.02 Å². The van der Waals surface area contributed by atoms with E-state index < -0.39 is 23.2 Å². The van der Waals surface area contributed by atoms with Crippen LogP contribution in [-0.4, -0.2) is 28.2 Å². The highest BCUT2D eigenvalue weighted by atomic mass is 79.9. The van der Waals surface area contributed by atoms with Crippen LogP contribution >= 0.6 is 27.5 Å². The highest BCUT2D eigenvalue weighted by Gasteiger charge is 2.52. The second kappa shape index (κ2) is 7.00. The van der Waals surface area contributed by atoms with E-state index in [4.69, 9.17) is 16.3 Å². The van der Waals surface area contributed by atoms with Crippen molar-refractivity contribution in [2.75, 3.05) is 6.54 Å². The van der Waals surface area contributed by atoms with E-state index in [0.29, 0.717) is 28.0 Å². The fourth-order valence-corrected chi connectivity index (χ4v) is 4.78. The van der Waals surface area contributed by atoms with Gasteiger partial charge in [-0.3, -0.25) is 19.5 Å². The molecule has 1 aromatic heterocycles. The number of fused-ring (bicyclic) bond motifs is 2. The summed E-state index contributed by atoms with van der Waals surface area (Å²) < 4.78 is 20.8. The van der Waals surface area contributed by atoms with Crippen LogP contribution < -0.4 is 4.74 Å². The van der Waals surface area contributed by atoms with Crippen LogP contribution in [-0.2, 0) is 5.60 Å². The molecule has 0 saturated heterocycles. The smallest absolute Gasteiger partial charge is 0.261 e. The van der Waals surface area contributed by atoms with Crippen LogP contribution in [0.4, 0.5) is 4.39 Å². The molecule has 0 bridgehead atoms. The molecule has 1 unspecified atom stereocenters. The first kappa shape index (κ1) is 19.9. The average Bonchev–Trinajstić information content (AvgIpc) is 3.20. The number of hydrogen-bond acceptors (Lipinski definition) is 4. The lowest BCUT2D eigenvalue weighted by molar-refractivity contribution is 0.0480. The Kier molecular flexibility index (Phi) is 4.50. The summed E-state index contributed by atoms with van der Waals surface area (Å²) in [6, 6.07) is 13.0. The normalized spacial score (nSPS) is 19.5. The van der Waals surface area contributed by atoms with Gasteiger partial charge in [-0.15, -0.1) is 0 Å². The molecule has 2 aliphatic heterocycles. The summed E-state index contributed by atoms with van der Waals surface area (Å²) in [4.78, 5) is 31.6. The molecule has 31 heavy (non-hydrogen) atoms. The number of ether oxygens (including phenoxy) is 1. The van der Waals surface area contributed by atoms with Gasteiger partial charge in [-0.2, -0.15) is 0 Å². The molecule has 0 aliphatic carbocycles. The zero-order valence-electron chi connectivity index (χ0n) is 15.9. The molecule has 5 nitrogen and oxygen atoms in total. The standard InChI is InChI=1S/C23H13BrClFN2O3/c1-12-18-16(10-15(26)20(25)19(18)24)31-23(12,17-8-4-5-9-27-17)11-28-21(29)13-6-2-3-7-14(13)22(28)30/h2-10H,1,11H2. The number of carbonyl (C=O) groups is 2. The minimum absolute atomic E-state index is 0.110. The fraction of sp³-hybridized carbons (Fsp3) is 0.0870. The second-order valence-corrected chi connectivity index (χ2v) is 8.40. The van der Waals surface area contributed by atoms with Gasteiger partial charge in [-0.05, 0) is 40.2 Å².